The van der Waals surface area contributed by atoms with E-state index in [0.29, 0.717) is 36.5 Å². The summed E-state index contributed by atoms with van der Waals surface area (Å²) in [6.45, 7) is 3.02. The smallest absolute Gasteiger partial charge is 0.251 e. The average Bonchev–Trinajstić information content (AvgIpc) is 2.60. The van der Waals surface area contributed by atoms with Gasteiger partial charge >= 0.3 is 0 Å². The topological polar surface area (TPSA) is 84.2 Å². The van der Waals surface area contributed by atoms with Crippen molar-refractivity contribution in [2.45, 2.75) is 51.6 Å². The molecule has 2 atom stereocenters. The molecule has 2 aliphatic rings. The number of hydrogen-bond donors (Lipinski definition) is 3. The number of benzene rings is 1. The van der Waals surface area contributed by atoms with Gasteiger partial charge in [0.1, 0.15) is 0 Å². The van der Waals surface area contributed by atoms with Crippen LogP contribution in [0.25, 0.3) is 0 Å². The van der Waals surface area contributed by atoms with Crippen LogP contribution in [0, 0.1) is 17.8 Å². The van der Waals surface area contributed by atoms with Gasteiger partial charge in [0, 0.05) is 30.6 Å². The third-order valence-electron chi connectivity index (χ3n) is 5.80. The minimum Gasteiger partial charge on any atom is -0.352 e. The van der Waals surface area contributed by atoms with Crippen molar-refractivity contribution in [3.8, 4) is 0 Å². The predicted octanol–water partition coefficient (Wildman–Crippen LogP) is 2.63. The molecule has 2 saturated carbocycles. The van der Waals surface area contributed by atoms with E-state index in [2.05, 4.69) is 10.6 Å². The van der Waals surface area contributed by atoms with Gasteiger partial charge in [-0.2, -0.15) is 0 Å². The summed E-state index contributed by atoms with van der Waals surface area (Å²) in [4.78, 5) is 24.3. The minimum atomic E-state index is -0.0665. The van der Waals surface area contributed by atoms with Gasteiger partial charge in [0.15, 0.2) is 0 Å². The lowest BCUT2D eigenvalue weighted by atomic mass is 9.65. The van der Waals surface area contributed by atoms with Gasteiger partial charge in [0.2, 0.25) is 5.91 Å². The number of amides is 2. The van der Waals surface area contributed by atoms with Crippen LogP contribution in [0.2, 0.25) is 0 Å². The lowest BCUT2D eigenvalue weighted by Gasteiger charge is -2.43. The zero-order valence-corrected chi connectivity index (χ0v) is 16.2. The monoisotopic (exact) mass is 379 g/mol. The number of halogens is 1. The van der Waals surface area contributed by atoms with Crippen LogP contribution in [-0.4, -0.2) is 24.4 Å². The number of carbonyl (C=O) groups excluding carboxylic acids is 2. The molecule has 6 heteroatoms. The van der Waals surface area contributed by atoms with Crippen LogP contribution in [0.3, 0.4) is 0 Å². The molecule has 2 bridgehead atoms. The summed E-state index contributed by atoms with van der Waals surface area (Å²) in [5.41, 5.74) is 7.96. The first-order valence-electron chi connectivity index (χ1n) is 9.49. The summed E-state index contributed by atoms with van der Waals surface area (Å²) >= 11 is 0. The van der Waals surface area contributed by atoms with Crippen LogP contribution in [0.5, 0.6) is 0 Å². The highest BCUT2D eigenvalue weighted by Gasteiger charge is 2.40. The Morgan fingerprint density at radius 1 is 1.08 bits per heavy atom. The van der Waals surface area contributed by atoms with E-state index < -0.39 is 0 Å². The Bertz CT molecular complexity index is 606. The standard InChI is InChI=1S/C20H29N3O2.ClH/c1-2-22-19(24)14-8-6-13(7-9-14)12-23-20(25)17-10-15-4-3-5-16(11-17)18(15)21;/h6-9,15-18H,2-5,10-12,21H2,1H3,(H,22,24)(H,23,25);1H. The van der Waals surface area contributed by atoms with Crippen molar-refractivity contribution in [2.24, 2.45) is 23.5 Å². The lowest BCUT2D eigenvalue weighted by Crippen LogP contribution is -2.49. The second-order valence-electron chi connectivity index (χ2n) is 7.47. The van der Waals surface area contributed by atoms with Gasteiger partial charge in [-0.15, -0.1) is 12.4 Å². The number of carbonyl (C=O) groups is 2. The van der Waals surface area contributed by atoms with Crippen LogP contribution < -0.4 is 16.4 Å². The highest BCUT2D eigenvalue weighted by Crippen LogP contribution is 2.41. The summed E-state index contributed by atoms with van der Waals surface area (Å²) in [5, 5.41) is 5.84. The minimum absolute atomic E-state index is 0. The molecule has 26 heavy (non-hydrogen) atoms. The predicted molar refractivity (Wildman–Crippen MR) is 105 cm³/mol. The fourth-order valence-corrected chi connectivity index (χ4v) is 4.37. The van der Waals surface area contributed by atoms with Crippen molar-refractivity contribution in [2.75, 3.05) is 6.54 Å². The zero-order valence-electron chi connectivity index (χ0n) is 15.4. The lowest BCUT2D eigenvalue weighted by molar-refractivity contribution is -0.128. The molecule has 3 rings (SSSR count). The van der Waals surface area contributed by atoms with Gasteiger partial charge in [0.05, 0.1) is 0 Å². The molecular formula is C20H30ClN3O2. The summed E-state index contributed by atoms with van der Waals surface area (Å²) < 4.78 is 0. The van der Waals surface area contributed by atoms with E-state index in [1.54, 1.807) is 12.1 Å². The van der Waals surface area contributed by atoms with E-state index in [9.17, 15) is 9.59 Å². The summed E-state index contributed by atoms with van der Waals surface area (Å²) in [7, 11) is 0. The molecule has 2 aliphatic carbocycles. The largest absolute Gasteiger partial charge is 0.352 e. The second-order valence-corrected chi connectivity index (χ2v) is 7.47. The molecular weight excluding hydrogens is 350 g/mol. The van der Waals surface area contributed by atoms with E-state index in [0.717, 1.165) is 18.4 Å². The molecule has 0 spiro atoms. The van der Waals surface area contributed by atoms with E-state index in [1.165, 1.54) is 19.3 Å². The van der Waals surface area contributed by atoms with Gasteiger partial charge in [-0.05, 0) is 62.1 Å². The van der Waals surface area contributed by atoms with Gasteiger partial charge < -0.3 is 16.4 Å². The van der Waals surface area contributed by atoms with Crippen LogP contribution >= 0.6 is 12.4 Å². The first kappa shape index (κ1) is 20.7. The van der Waals surface area contributed by atoms with E-state index in [4.69, 9.17) is 5.73 Å². The Hall–Kier alpha value is -1.59. The maximum Gasteiger partial charge on any atom is 0.251 e. The van der Waals surface area contributed by atoms with Crippen LogP contribution in [0.15, 0.2) is 24.3 Å². The summed E-state index contributed by atoms with van der Waals surface area (Å²) in [6, 6.07) is 7.69. The third-order valence-corrected chi connectivity index (χ3v) is 5.80. The van der Waals surface area contributed by atoms with Crippen molar-refractivity contribution in [1.82, 2.24) is 10.6 Å². The molecule has 0 heterocycles. The van der Waals surface area contributed by atoms with Crippen LogP contribution in [0.1, 0.15) is 54.9 Å². The molecule has 2 amide bonds. The Labute approximate surface area is 161 Å². The molecule has 4 N–H and O–H groups in total. The van der Waals surface area contributed by atoms with E-state index in [-0.39, 0.29) is 30.1 Å². The summed E-state index contributed by atoms with van der Waals surface area (Å²) in [5.74, 6) is 1.21. The van der Waals surface area contributed by atoms with Gasteiger partial charge in [-0.3, -0.25) is 9.59 Å². The first-order valence-corrected chi connectivity index (χ1v) is 9.49. The Morgan fingerprint density at radius 3 is 2.27 bits per heavy atom. The van der Waals surface area contributed by atoms with Crippen molar-refractivity contribution < 1.29 is 9.59 Å². The molecule has 5 nitrogen and oxygen atoms in total. The SMILES string of the molecule is CCNC(=O)c1ccc(CNC(=O)C2CC3CCCC(C2)C3N)cc1.Cl. The fraction of sp³-hybridized carbons (Fsp3) is 0.600. The maximum absolute atomic E-state index is 12.6. The van der Waals surface area contributed by atoms with Crippen molar-refractivity contribution in [3.63, 3.8) is 0 Å². The van der Waals surface area contributed by atoms with E-state index in [1.807, 2.05) is 19.1 Å². The highest BCUT2D eigenvalue weighted by atomic mass is 35.5. The molecule has 0 aliphatic heterocycles. The number of fused-ring (bicyclic) bond motifs is 2. The van der Waals surface area contributed by atoms with Crippen molar-refractivity contribution in [1.29, 1.82) is 0 Å². The second kappa shape index (κ2) is 9.38. The van der Waals surface area contributed by atoms with Crippen LogP contribution in [-0.2, 0) is 11.3 Å². The fourth-order valence-electron chi connectivity index (χ4n) is 4.37. The molecule has 0 aromatic heterocycles. The van der Waals surface area contributed by atoms with Gasteiger partial charge in [-0.25, -0.2) is 0 Å². The zero-order chi connectivity index (χ0) is 17.8. The van der Waals surface area contributed by atoms with E-state index >= 15 is 0 Å². The highest BCUT2D eigenvalue weighted by molar-refractivity contribution is 5.94. The number of rotatable bonds is 5. The number of nitrogens with two attached hydrogens (primary N) is 1. The molecule has 2 unspecified atom stereocenters. The quantitative estimate of drug-likeness (QED) is 0.735. The maximum atomic E-state index is 12.6. The molecule has 0 saturated heterocycles. The normalized spacial score (nSPS) is 27.2. The Morgan fingerprint density at radius 2 is 1.69 bits per heavy atom. The number of hydrogen-bond acceptors (Lipinski definition) is 3. The number of nitrogens with one attached hydrogen (secondary N) is 2. The van der Waals surface area contributed by atoms with Crippen molar-refractivity contribution in [3.05, 3.63) is 35.4 Å². The Kier molecular flexibility index (Phi) is 7.47. The summed E-state index contributed by atoms with van der Waals surface area (Å²) in [6.07, 6.45) is 5.46. The molecule has 1 aromatic rings. The van der Waals surface area contributed by atoms with Gasteiger partial charge in [0.25, 0.3) is 5.91 Å². The molecule has 1 aromatic carbocycles. The third kappa shape index (κ3) is 4.77. The van der Waals surface area contributed by atoms with Crippen molar-refractivity contribution >= 4 is 24.2 Å². The first-order chi connectivity index (χ1) is 12.1. The van der Waals surface area contributed by atoms with Gasteiger partial charge in [-0.1, -0.05) is 18.6 Å². The molecule has 0 radical (unpaired) electrons. The Balaban J connectivity index is 0.00000243. The average molecular weight is 380 g/mol. The molecule has 144 valence electrons. The molecule has 2 fully saturated rings. The van der Waals surface area contributed by atoms with Crippen LogP contribution in [0.4, 0.5) is 0 Å².